The molecule has 3 nitrogen and oxygen atoms in total. The Morgan fingerprint density at radius 1 is 1.50 bits per heavy atom. The highest BCUT2D eigenvalue weighted by Gasteiger charge is 2.23. The van der Waals surface area contributed by atoms with Gasteiger partial charge in [0.15, 0.2) is 0 Å². The van der Waals surface area contributed by atoms with Crippen molar-refractivity contribution in [2.24, 2.45) is 0 Å². The van der Waals surface area contributed by atoms with Crippen molar-refractivity contribution in [1.82, 2.24) is 10.2 Å². The number of carbonyl (C=O) groups is 1. The summed E-state index contributed by atoms with van der Waals surface area (Å²) in [6.07, 6.45) is 2.20. The molecule has 0 aliphatic carbocycles. The highest BCUT2D eigenvalue weighted by molar-refractivity contribution is 6.30. The molecule has 1 aliphatic rings. The molecule has 18 heavy (non-hydrogen) atoms. The quantitative estimate of drug-likeness (QED) is 0.892. The van der Waals surface area contributed by atoms with Gasteiger partial charge in [-0.3, -0.25) is 4.79 Å². The molecule has 1 aromatic rings. The monoisotopic (exact) mass is 266 g/mol. The Labute approximate surface area is 113 Å². The van der Waals surface area contributed by atoms with Crippen LogP contribution in [0.1, 0.15) is 28.8 Å². The summed E-state index contributed by atoms with van der Waals surface area (Å²) < 4.78 is 0. The van der Waals surface area contributed by atoms with Gasteiger partial charge in [0.1, 0.15) is 0 Å². The van der Waals surface area contributed by atoms with Crippen LogP contribution in [0.4, 0.5) is 0 Å². The summed E-state index contributed by atoms with van der Waals surface area (Å²) in [6, 6.07) is 5.71. The minimum Gasteiger partial charge on any atom is -0.337 e. The third kappa shape index (κ3) is 2.85. The third-order valence-electron chi connectivity index (χ3n) is 3.56. The first kappa shape index (κ1) is 13.4. The van der Waals surface area contributed by atoms with Crippen molar-refractivity contribution < 1.29 is 4.79 Å². The molecule has 0 saturated carbocycles. The van der Waals surface area contributed by atoms with Crippen molar-refractivity contribution in [2.75, 3.05) is 20.1 Å². The molecule has 0 aromatic heterocycles. The van der Waals surface area contributed by atoms with Crippen molar-refractivity contribution in [1.29, 1.82) is 0 Å². The Balaban J connectivity index is 2.14. The molecule has 1 saturated heterocycles. The van der Waals surface area contributed by atoms with Crippen molar-refractivity contribution in [3.63, 3.8) is 0 Å². The first-order valence-corrected chi connectivity index (χ1v) is 6.71. The van der Waals surface area contributed by atoms with E-state index in [1.165, 1.54) is 0 Å². The number of nitrogens with one attached hydrogen (secondary N) is 1. The highest BCUT2D eigenvalue weighted by Crippen LogP contribution is 2.18. The van der Waals surface area contributed by atoms with Crippen LogP contribution in [0.15, 0.2) is 18.2 Å². The fourth-order valence-corrected chi connectivity index (χ4v) is 2.61. The Morgan fingerprint density at radius 2 is 2.28 bits per heavy atom. The van der Waals surface area contributed by atoms with Gasteiger partial charge in [-0.05, 0) is 50.1 Å². The second-order valence-corrected chi connectivity index (χ2v) is 5.31. The van der Waals surface area contributed by atoms with E-state index in [1.54, 1.807) is 6.07 Å². The van der Waals surface area contributed by atoms with E-state index >= 15 is 0 Å². The van der Waals surface area contributed by atoms with Gasteiger partial charge in [-0.15, -0.1) is 0 Å². The van der Waals surface area contributed by atoms with Crippen LogP contribution in [0, 0.1) is 6.92 Å². The lowest BCUT2D eigenvalue weighted by Crippen LogP contribution is -2.46. The van der Waals surface area contributed by atoms with Gasteiger partial charge in [-0.1, -0.05) is 11.6 Å². The normalized spacial score (nSPS) is 19.6. The molecular weight excluding hydrogens is 248 g/mol. The third-order valence-corrected chi connectivity index (χ3v) is 3.79. The van der Waals surface area contributed by atoms with Gasteiger partial charge in [0, 0.05) is 30.2 Å². The highest BCUT2D eigenvalue weighted by atomic mass is 35.5. The van der Waals surface area contributed by atoms with Crippen molar-refractivity contribution >= 4 is 17.5 Å². The topological polar surface area (TPSA) is 32.3 Å². The fourth-order valence-electron chi connectivity index (χ4n) is 2.39. The SMILES string of the molecule is Cc1cc(Cl)ccc1C(=O)N(C)C1CCCNC1. The van der Waals surface area contributed by atoms with Gasteiger partial charge in [-0.25, -0.2) is 0 Å². The van der Waals surface area contributed by atoms with Crippen molar-refractivity contribution in [3.8, 4) is 0 Å². The number of halogens is 1. The molecule has 4 heteroatoms. The molecule has 0 radical (unpaired) electrons. The number of aryl methyl sites for hydroxylation is 1. The van der Waals surface area contributed by atoms with Crippen LogP contribution in [0.3, 0.4) is 0 Å². The first-order chi connectivity index (χ1) is 8.59. The van der Waals surface area contributed by atoms with E-state index in [0.29, 0.717) is 11.1 Å². The summed E-state index contributed by atoms with van der Waals surface area (Å²) in [5.41, 5.74) is 1.68. The molecule has 2 rings (SSSR count). The maximum atomic E-state index is 12.4. The minimum absolute atomic E-state index is 0.0814. The maximum Gasteiger partial charge on any atom is 0.254 e. The number of hydrogen-bond acceptors (Lipinski definition) is 2. The number of hydrogen-bond donors (Lipinski definition) is 1. The molecule has 1 unspecified atom stereocenters. The molecular formula is C14H19ClN2O. The number of benzene rings is 1. The van der Waals surface area contributed by atoms with Crippen LogP contribution >= 0.6 is 11.6 Å². The van der Waals surface area contributed by atoms with Crippen LogP contribution in [0.25, 0.3) is 0 Å². The predicted molar refractivity (Wildman–Crippen MR) is 74.2 cm³/mol. The number of rotatable bonds is 2. The zero-order chi connectivity index (χ0) is 13.1. The Kier molecular flexibility index (Phi) is 4.25. The molecule has 0 bridgehead atoms. The average molecular weight is 267 g/mol. The predicted octanol–water partition coefficient (Wildman–Crippen LogP) is 2.47. The molecule has 98 valence electrons. The molecule has 1 amide bonds. The lowest BCUT2D eigenvalue weighted by molar-refractivity contribution is 0.0707. The summed E-state index contributed by atoms with van der Waals surface area (Å²) in [5, 5.41) is 4.00. The molecule has 0 spiro atoms. The summed E-state index contributed by atoms with van der Waals surface area (Å²) in [4.78, 5) is 14.3. The Hall–Kier alpha value is -1.06. The van der Waals surface area contributed by atoms with Crippen LogP contribution in [0.2, 0.25) is 5.02 Å². The molecule has 1 atom stereocenters. The molecule has 1 aliphatic heterocycles. The van der Waals surface area contributed by atoms with Gasteiger partial charge < -0.3 is 10.2 Å². The van der Waals surface area contributed by atoms with E-state index in [9.17, 15) is 4.79 Å². The van der Waals surface area contributed by atoms with Crippen molar-refractivity contribution in [2.45, 2.75) is 25.8 Å². The summed E-state index contributed by atoms with van der Waals surface area (Å²) in [5.74, 6) is 0.0814. The lowest BCUT2D eigenvalue weighted by atomic mass is 10.0. The minimum atomic E-state index is 0.0814. The van der Waals surface area contributed by atoms with E-state index in [-0.39, 0.29) is 5.91 Å². The van der Waals surface area contributed by atoms with Gasteiger partial charge in [-0.2, -0.15) is 0 Å². The molecule has 1 N–H and O–H groups in total. The van der Waals surface area contributed by atoms with E-state index in [4.69, 9.17) is 11.6 Å². The van der Waals surface area contributed by atoms with Gasteiger partial charge >= 0.3 is 0 Å². The van der Waals surface area contributed by atoms with E-state index in [0.717, 1.165) is 37.1 Å². The van der Waals surface area contributed by atoms with Gasteiger partial charge in [0.05, 0.1) is 0 Å². The second-order valence-electron chi connectivity index (χ2n) is 4.88. The number of nitrogens with zero attached hydrogens (tertiary/aromatic N) is 1. The first-order valence-electron chi connectivity index (χ1n) is 6.33. The van der Waals surface area contributed by atoms with Crippen molar-refractivity contribution in [3.05, 3.63) is 34.3 Å². The molecule has 1 fully saturated rings. The zero-order valence-corrected chi connectivity index (χ0v) is 11.6. The smallest absolute Gasteiger partial charge is 0.254 e. The maximum absolute atomic E-state index is 12.4. The zero-order valence-electron chi connectivity index (χ0n) is 10.9. The second kappa shape index (κ2) is 5.72. The average Bonchev–Trinajstić information content (AvgIpc) is 2.38. The summed E-state index contributed by atoms with van der Waals surface area (Å²) in [6.45, 7) is 3.86. The molecule has 1 aromatic carbocycles. The number of likely N-dealkylation sites (N-methyl/N-ethyl adjacent to an activating group) is 1. The number of carbonyl (C=O) groups excluding carboxylic acids is 1. The van der Waals surface area contributed by atoms with Gasteiger partial charge in [0.2, 0.25) is 0 Å². The largest absolute Gasteiger partial charge is 0.337 e. The summed E-state index contributed by atoms with van der Waals surface area (Å²) >= 11 is 5.91. The van der Waals surface area contributed by atoms with Crippen LogP contribution in [0.5, 0.6) is 0 Å². The fraction of sp³-hybridized carbons (Fsp3) is 0.500. The van der Waals surface area contributed by atoms with Crippen LogP contribution in [-0.4, -0.2) is 37.0 Å². The lowest BCUT2D eigenvalue weighted by Gasteiger charge is -2.32. The number of piperidine rings is 1. The summed E-state index contributed by atoms with van der Waals surface area (Å²) in [7, 11) is 1.88. The standard InChI is InChI=1S/C14H19ClN2O/c1-10-8-11(15)5-6-13(10)14(18)17(2)12-4-3-7-16-9-12/h5-6,8,12,16H,3-4,7,9H2,1-2H3. The molecule has 1 heterocycles. The van der Waals surface area contributed by atoms with E-state index in [2.05, 4.69) is 5.32 Å². The van der Waals surface area contributed by atoms with Crippen LogP contribution < -0.4 is 5.32 Å². The van der Waals surface area contributed by atoms with E-state index < -0.39 is 0 Å². The Morgan fingerprint density at radius 3 is 2.89 bits per heavy atom. The van der Waals surface area contributed by atoms with E-state index in [1.807, 2.05) is 31.0 Å². The van der Waals surface area contributed by atoms with Gasteiger partial charge in [0.25, 0.3) is 5.91 Å². The van der Waals surface area contributed by atoms with Crippen LogP contribution in [-0.2, 0) is 0 Å². The Bertz CT molecular complexity index is 441. The number of amides is 1.